The Morgan fingerprint density at radius 1 is 0.656 bits per heavy atom. The van der Waals surface area contributed by atoms with E-state index in [0.717, 1.165) is 90.0 Å². The molecule has 0 aliphatic rings. The van der Waals surface area contributed by atoms with E-state index in [9.17, 15) is 5.11 Å². The molecule has 0 saturated heterocycles. The molecule has 4 nitrogen and oxygen atoms in total. The summed E-state index contributed by atoms with van der Waals surface area (Å²) < 4.78 is 10.8. The summed E-state index contributed by atoms with van der Waals surface area (Å²) in [5, 5.41) is 12.1. The summed E-state index contributed by atoms with van der Waals surface area (Å²) >= 11 is 0. The van der Waals surface area contributed by atoms with Crippen LogP contribution in [-0.2, 0) is 37.3 Å². The fraction of sp³-hybridized carbons (Fsp3) is 0.288. The van der Waals surface area contributed by atoms with Crippen LogP contribution in [0.2, 0.25) is 0 Å². The molecule has 8 rings (SSSR count). The van der Waals surface area contributed by atoms with E-state index < -0.39 is 5.89 Å². The molecule has 0 atom stereocenters. The first-order valence-electron chi connectivity index (χ1n) is 22.9. The molecule has 0 unspecified atom stereocenters. The second-order valence-corrected chi connectivity index (χ2v) is 20.2. The van der Waals surface area contributed by atoms with Gasteiger partial charge < -0.3 is 5.11 Å². The van der Waals surface area contributed by atoms with Crippen molar-refractivity contribution in [2.45, 2.75) is 112 Å². The molecule has 1 N–H and O–H groups in total. The van der Waals surface area contributed by atoms with E-state index >= 15 is 0 Å². The summed E-state index contributed by atoms with van der Waals surface area (Å²) in [7, 11) is 0. The molecule has 2 aromatic heterocycles. The monoisotopic (exact) mass is 1020 g/mol. The molecule has 64 heavy (non-hydrogen) atoms. The van der Waals surface area contributed by atoms with Crippen molar-refractivity contribution >= 4 is 11.0 Å². The van der Waals surface area contributed by atoms with Crippen molar-refractivity contribution in [2.24, 2.45) is 0 Å². The van der Waals surface area contributed by atoms with Crippen LogP contribution in [0.5, 0.6) is 5.75 Å². The summed E-state index contributed by atoms with van der Waals surface area (Å²) in [6.07, 6.45) is 2.87. The topological polar surface area (TPSA) is 50.9 Å². The number of fused-ring (bicyclic) bond motifs is 1. The van der Waals surface area contributed by atoms with Gasteiger partial charge in [0.25, 0.3) is 0 Å². The van der Waals surface area contributed by atoms with Crippen LogP contribution in [0.4, 0.5) is 0 Å². The fourth-order valence-electron chi connectivity index (χ4n) is 8.37. The molecule has 6 aromatic carbocycles. The van der Waals surface area contributed by atoms with Gasteiger partial charge in [0.1, 0.15) is 11.6 Å². The Bertz CT molecular complexity index is 3020. The maximum absolute atomic E-state index is 12.1. The molecule has 0 fully saturated rings. The van der Waals surface area contributed by atoms with Crippen molar-refractivity contribution < 1.29 is 27.5 Å². The maximum Gasteiger partial charge on any atom is 0.148 e. The molecular formula is C59H62N3OPt-. The number of nitrogens with zero attached hydrogens (tertiary/aromatic N) is 3. The van der Waals surface area contributed by atoms with Crippen molar-refractivity contribution in [3.05, 3.63) is 167 Å². The number of aromatic nitrogens is 3. The first-order chi connectivity index (χ1) is 30.1. The fourth-order valence-corrected chi connectivity index (χ4v) is 8.37. The zero-order valence-corrected chi connectivity index (χ0v) is 41.8. The number of para-hydroxylation sites is 1. The quantitative estimate of drug-likeness (QED) is 0.147. The Hall–Kier alpha value is -5.57. The number of phenolic OH excluding ortho intramolecular Hbond substituents is 1. The Morgan fingerprint density at radius 2 is 1.31 bits per heavy atom. The molecule has 8 aromatic rings. The van der Waals surface area contributed by atoms with Crippen LogP contribution in [0.25, 0.3) is 72.7 Å². The van der Waals surface area contributed by atoms with Gasteiger partial charge in [-0.1, -0.05) is 172 Å². The number of phenols is 1. The summed E-state index contributed by atoms with van der Waals surface area (Å²) in [6, 6.07) is 48.9. The Labute approximate surface area is 397 Å². The van der Waals surface area contributed by atoms with E-state index in [1.807, 2.05) is 45.2 Å². The number of benzene rings is 6. The Morgan fingerprint density at radius 3 is 1.97 bits per heavy atom. The zero-order chi connectivity index (χ0) is 45.9. The van der Waals surface area contributed by atoms with Crippen LogP contribution < -0.4 is 0 Å². The maximum atomic E-state index is 12.1. The average molecular weight is 1030 g/mol. The van der Waals surface area contributed by atoms with Crippen LogP contribution in [0.15, 0.2) is 134 Å². The second kappa shape index (κ2) is 17.8. The number of aromatic hydroxyl groups is 1. The zero-order valence-electron chi connectivity index (χ0n) is 40.5. The third-order valence-corrected chi connectivity index (χ3v) is 12.9. The molecule has 0 aliphatic carbocycles. The summed E-state index contributed by atoms with van der Waals surface area (Å²) in [5.74, 6) is 0.232. The first kappa shape index (κ1) is 45.0. The van der Waals surface area contributed by atoms with E-state index in [2.05, 4.69) is 182 Å². The predicted octanol–water partition coefficient (Wildman–Crippen LogP) is 16.0. The smallest absolute Gasteiger partial charge is 0.148 e. The minimum absolute atomic E-state index is 0. The summed E-state index contributed by atoms with van der Waals surface area (Å²) in [4.78, 5) is 10.5. The van der Waals surface area contributed by atoms with Crippen molar-refractivity contribution in [3.8, 4) is 67.5 Å². The second-order valence-electron chi connectivity index (χ2n) is 20.2. The number of hydrogen-bond donors (Lipinski definition) is 1. The van der Waals surface area contributed by atoms with E-state index in [4.69, 9.17) is 11.3 Å². The van der Waals surface area contributed by atoms with E-state index in [-0.39, 0.29) is 43.1 Å². The number of pyridine rings is 1. The van der Waals surface area contributed by atoms with E-state index in [1.54, 1.807) is 0 Å². The molecule has 330 valence electrons. The standard InChI is InChI=1S/C59H62N3O.Pt/c1-13-59(11,12)45-26-27-52(49(35-45)41-18-15-14-16-19-41)62-53-21-17-20-48(54(53)61-56(62)50-36-46(57(5,6)7)30-38(4)55(50)63)43-31-44(33-47(32-43)58(8,9)10)51-34-42(28-29-60-51)40-24-22-39(23-25-40)37(2)3;/h14-30,32-37,63H,13H2,1-12H3;/q-1;/i37D;. The van der Waals surface area contributed by atoms with Crippen molar-refractivity contribution in [2.75, 3.05) is 0 Å². The van der Waals surface area contributed by atoms with Crippen LogP contribution in [0.3, 0.4) is 0 Å². The molecule has 0 aliphatic heterocycles. The summed E-state index contributed by atoms with van der Waals surface area (Å²) in [5.41, 5.74) is 16.3. The largest absolute Gasteiger partial charge is 0.507 e. The molecule has 5 heteroatoms. The molecule has 0 bridgehead atoms. The van der Waals surface area contributed by atoms with Gasteiger partial charge in [-0.25, -0.2) is 4.98 Å². The first-order valence-corrected chi connectivity index (χ1v) is 22.4. The van der Waals surface area contributed by atoms with Gasteiger partial charge in [0, 0.05) is 39.9 Å². The summed E-state index contributed by atoms with van der Waals surface area (Å²) in [6.45, 7) is 26.0. The van der Waals surface area contributed by atoms with Gasteiger partial charge >= 0.3 is 0 Å². The van der Waals surface area contributed by atoms with Gasteiger partial charge in [-0.15, -0.1) is 29.3 Å². The Balaban J connectivity index is 0.00000630. The van der Waals surface area contributed by atoms with Gasteiger partial charge in [-0.3, -0.25) is 9.55 Å². The normalized spacial score (nSPS) is 12.6. The number of hydrogen-bond acceptors (Lipinski definition) is 3. The molecule has 0 saturated carbocycles. The van der Waals surface area contributed by atoms with Gasteiger partial charge in [0.05, 0.1) is 22.3 Å². The third kappa shape index (κ3) is 9.05. The molecule has 2 heterocycles. The molecule has 0 radical (unpaired) electrons. The van der Waals surface area contributed by atoms with Crippen LogP contribution >= 0.6 is 0 Å². The Kier molecular flexibility index (Phi) is 12.5. The van der Waals surface area contributed by atoms with Gasteiger partial charge in [0.2, 0.25) is 0 Å². The molecule has 0 amide bonds. The minimum atomic E-state index is -0.670. The average Bonchev–Trinajstić information content (AvgIpc) is 3.65. The van der Waals surface area contributed by atoms with Gasteiger partial charge in [0.15, 0.2) is 0 Å². The SMILES string of the molecule is [2H]C(C)(C)c1ccc(-c2ccnc(-c3[c-]c(-c4cccc5c4nc(-c4cc(C(C)(C)C)cc(C)c4O)n5-c4ccc(C(C)(C)CC)cc4-c4ccccc4)cc(C(C)(C)C)c3)c2)cc1.[Pt]. The molecular weight excluding hydrogens is 962 g/mol. The van der Waals surface area contributed by atoms with E-state index in [1.165, 1.54) is 5.56 Å². The minimum Gasteiger partial charge on any atom is -0.507 e. The van der Waals surface area contributed by atoms with Gasteiger partial charge in [-0.05, 0) is 105 Å². The number of aryl methyl sites for hydroxylation is 1. The number of rotatable bonds is 9. The van der Waals surface area contributed by atoms with Crippen LogP contribution in [0.1, 0.15) is 118 Å². The van der Waals surface area contributed by atoms with Crippen molar-refractivity contribution in [1.82, 2.24) is 14.5 Å². The van der Waals surface area contributed by atoms with Crippen molar-refractivity contribution in [1.29, 1.82) is 0 Å². The van der Waals surface area contributed by atoms with Crippen LogP contribution in [-0.4, -0.2) is 19.6 Å². The molecule has 0 spiro atoms. The predicted molar refractivity (Wildman–Crippen MR) is 266 cm³/mol. The van der Waals surface area contributed by atoms with Gasteiger partial charge in [-0.2, -0.15) is 0 Å². The van der Waals surface area contributed by atoms with Crippen LogP contribution in [0, 0.1) is 13.0 Å². The third-order valence-electron chi connectivity index (χ3n) is 12.9. The van der Waals surface area contributed by atoms with Crippen molar-refractivity contribution in [3.63, 3.8) is 0 Å². The van der Waals surface area contributed by atoms with E-state index in [0.29, 0.717) is 11.4 Å². The number of imidazole rings is 1.